The minimum atomic E-state index is -1.84. The van der Waals surface area contributed by atoms with Crippen molar-refractivity contribution in [1.29, 1.82) is 0 Å². The third kappa shape index (κ3) is 1.88. The van der Waals surface area contributed by atoms with Crippen LogP contribution in [0.15, 0.2) is 12.1 Å². The maximum Gasteiger partial charge on any atom is 0.490 e. The Morgan fingerprint density at radius 1 is 1.46 bits per heavy atom. The highest BCUT2D eigenvalue weighted by Crippen LogP contribution is 2.14. The number of carbonyl (C=O) groups is 1. The van der Waals surface area contributed by atoms with E-state index in [0.29, 0.717) is 6.29 Å². The molecule has 3 nitrogen and oxygen atoms in total. The van der Waals surface area contributed by atoms with Crippen molar-refractivity contribution >= 4 is 30.5 Å². The monoisotopic (exact) mass is 202 g/mol. The predicted octanol–water partition coefficient (Wildman–Crippen LogP) is -0.0286. The molecule has 0 aliphatic rings. The summed E-state index contributed by atoms with van der Waals surface area (Å²) in [6.07, 6.45) is 0.300. The molecule has 13 heavy (non-hydrogen) atoms. The van der Waals surface area contributed by atoms with Crippen molar-refractivity contribution in [2.45, 2.75) is 0 Å². The van der Waals surface area contributed by atoms with Crippen molar-refractivity contribution in [1.82, 2.24) is 0 Å². The minimum absolute atomic E-state index is 0.162. The molecule has 0 heterocycles. The molecule has 0 radical (unpaired) electrons. The highest BCUT2D eigenvalue weighted by atomic mass is 35.5. The zero-order valence-electron chi connectivity index (χ0n) is 6.37. The number of benzene rings is 1. The lowest BCUT2D eigenvalue weighted by Gasteiger charge is -2.04. The van der Waals surface area contributed by atoms with Crippen LogP contribution in [0.2, 0.25) is 5.02 Å². The molecule has 0 aromatic heterocycles. The fraction of sp³-hybridized carbons (Fsp3) is 0. The Labute approximate surface area is 78.9 Å². The molecule has 0 fully saturated rings. The first-order valence-corrected chi connectivity index (χ1v) is 3.75. The van der Waals surface area contributed by atoms with Crippen LogP contribution >= 0.6 is 11.6 Å². The van der Waals surface area contributed by atoms with Crippen LogP contribution < -0.4 is 5.46 Å². The molecule has 1 rings (SSSR count). The first kappa shape index (κ1) is 10.2. The van der Waals surface area contributed by atoms with Crippen molar-refractivity contribution in [3.63, 3.8) is 0 Å². The molecular weight excluding hydrogens is 197 g/mol. The van der Waals surface area contributed by atoms with E-state index in [1.165, 1.54) is 6.07 Å². The van der Waals surface area contributed by atoms with Crippen LogP contribution in [0.4, 0.5) is 4.39 Å². The molecule has 0 aliphatic heterocycles. The summed E-state index contributed by atoms with van der Waals surface area (Å²) in [7, 11) is -1.84. The van der Waals surface area contributed by atoms with Gasteiger partial charge in [0.1, 0.15) is 0 Å². The summed E-state index contributed by atoms with van der Waals surface area (Å²) in [5.41, 5.74) is -0.376. The van der Waals surface area contributed by atoms with Crippen LogP contribution in [0.1, 0.15) is 10.4 Å². The van der Waals surface area contributed by atoms with Gasteiger partial charge < -0.3 is 10.0 Å². The number of carbonyl (C=O) groups excluding carboxylic acids is 1. The summed E-state index contributed by atoms with van der Waals surface area (Å²) in [6.45, 7) is 0. The summed E-state index contributed by atoms with van der Waals surface area (Å²) in [5.74, 6) is -0.942. The maximum absolute atomic E-state index is 13.0. The van der Waals surface area contributed by atoms with E-state index in [4.69, 9.17) is 21.6 Å². The van der Waals surface area contributed by atoms with Crippen LogP contribution in [0, 0.1) is 5.82 Å². The summed E-state index contributed by atoms with van der Waals surface area (Å²) >= 11 is 5.42. The van der Waals surface area contributed by atoms with Gasteiger partial charge in [-0.1, -0.05) is 17.7 Å². The first-order valence-electron chi connectivity index (χ1n) is 3.37. The molecule has 1 aromatic rings. The minimum Gasteiger partial charge on any atom is -0.423 e. The van der Waals surface area contributed by atoms with Crippen LogP contribution in [-0.4, -0.2) is 23.5 Å². The fourth-order valence-electron chi connectivity index (χ4n) is 0.870. The highest BCUT2D eigenvalue weighted by molar-refractivity contribution is 6.62. The van der Waals surface area contributed by atoms with Gasteiger partial charge in [0, 0.05) is 5.46 Å². The molecule has 0 saturated carbocycles. The molecule has 0 bridgehead atoms. The summed E-state index contributed by atoms with van der Waals surface area (Å²) < 4.78 is 13.0. The molecular formula is C7H5BClFO3. The van der Waals surface area contributed by atoms with Crippen molar-refractivity contribution in [2.75, 3.05) is 0 Å². The van der Waals surface area contributed by atoms with Gasteiger partial charge in [-0.3, -0.25) is 4.79 Å². The van der Waals surface area contributed by atoms with E-state index in [1.54, 1.807) is 0 Å². The van der Waals surface area contributed by atoms with Crippen molar-refractivity contribution in [3.8, 4) is 0 Å². The molecule has 1 aromatic carbocycles. The van der Waals surface area contributed by atoms with Crippen LogP contribution in [0.3, 0.4) is 0 Å². The van der Waals surface area contributed by atoms with Crippen molar-refractivity contribution < 1.29 is 19.2 Å². The zero-order chi connectivity index (χ0) is 10.0. The van der Waals surface area contributed by atoms with Crippen LogP contribution in [0.5, 0.6) is 0 Å². The molecule has 0 aliphatic carbocycles. The molecule has 0 atom stereocenters. The van der Waals surface area contributed by atoms with Crippen molar-refractivity contribution in [3.05, 3.63) is 28.5 Å². The smallest absolute Gasteiger partial charge is 0.423 e. The van der Waals surface area contributed by atoms with E-state index < -0.39 is 18.0 Å². The SMILES string of the molecule is O=Cc1ccc(B(O)O)c(Cl)c1F. The van der Waals surface area contributed by atoms with E-state index in [-0.39, 0.29) is 11.0 Å². The highest BCUT2D eigenvalue weighted by Gasteiger charge is 2.19. The van der Waals surface area contributed by atoms with Gasteiger partial charge in [-0.05, 0) is 6.07 Å². The molecule has 6 heteroatoms. The third-order valence-electron chi connectivity index (χ3n) is 1.55. The summed E-state index contributed by atoms with van der Waals surface area (Å²) in [5, 5.41) is 17.0. The predicted molar refractivity (Wildman–Crippen MR) is 46.6 cm³/mol. The maximum atomic E-state index is 13.0. The second-order valence-corrected chi connectivity index (χ2v) is 2.74. The normalized spacial score (nSPS) is 9.85. The lowest BCUT2D eigenvalue weighted by atomic mass is 9.80. The molecule has 0 saturated heterocycles. The Bertz CT molecular complexity index is 343. The van der Waals surface area contributed by atoms with Crippen LogP contribution in [-0.2, 0) is 0 Å². The van der Waals surface area contributed by atoms with Gasteiger partial charge >= 0.3 is 7.12 Å². The second kappa shape index (κ2) is 3.87. The quantitative estimate of drug-likeness (QED) is 0.523. The van der Waals surface area contributed by atoms with E-state index in [9.17, 15) is 9.18 Å². The van der Waals surface area contributed by atoms with E-state index >= 15 is 0 Å². The van der Waals surface area contributed by atoms with Gasteiger partial charge in [-0.2, -0.15) is 0 Å². The van der Waals surface area contributed by atoms with Gasteiger partial charge in [-0.25, -0.2) is 4.39 Å². The van der Waals surface area contributed by atoms with E-state index in [2.05, 4.69) is 0 Å². The Balaban J connectivity index is 3.31. The van der Waals surface area contributed by atoms with E-state index in [1.807, 2.05) is 0 Å². The Kier molecular flexibility index (Phi) is 3.03. The number of rotatable bonds is 2. The molecule has 68 valence electrons. The Hall–Kier alpha value is -0.905. The van der Waals surface area contributed by atoms with Gasteiger partial charge in [0.25, 0.3) is 0 Å². The summed E-state index contributed by atoms with van der Waals surface area (Å²) in [4.78, 5) is 10.2. The van der Waals surface area contributed by atoms with Gasteiger partial charge in [0.05, 0.1) is 10.6 Å². The molecule has 0 unspecified atom stereocenters. The van der Waals surface area contributed by atoms with Gasteiger partial charge in [0.2, 0.25) is 0 Å². The first-order chi connectivity index (χ1) is 6.07. The number of hydrogen-bond donors (Lipinski definition) is 2. The largest absolute Gasteiger partial charge is 0.490 e. The standard InChI is InChI=1S/C7H5BClFO3/c9-6-5(8(12)13)2-1-4(3-11)7(6)10/h1-3,12-13H. The zero-order valence-corrected chi connectivity index (χ0v) is 7.12. The number of halogens is 2. The average molecular weight is 202 g/mol. The third-order valence-corrected chi connectivity index (χ3v) is 1.93. The van der Waals surface area contributed by atoms with E-state index in [0.717, 1.165) is 6.07 Å². The number of aldehydes is 1. The summed E-state index contributed by atoms with van der Waals surface area (Å²) in [6, 6.07) is 2.31. The van der Waals surface area contributed by atoms with Crippen molar-refractivity contribution in [2.24, 2.45) is 0 Å². The Morgan fingerprint density at radius 2 is 2.08 bits per heavy atom. The van der Waals surface area contributed by atoms with Gasteiger partial charge in [0.15, 0.2) is 12.1 Å². The number of hydrogen-bond acceptors (Lipinski definition) is 3. The average Bonchev–Trinajstić information content (AvgIpc) is 2.09. The topological polar surface area (TPSA) is 57.5 Å². The molecule has 2 N–H and O–H groups in total. The lowest BCUT2D eigenvalue weighted by Crippen LogP contribution is -2.31. The molecule has 0 amide bonds. The van der Waals surface area contributed by atoms with Crippen LogP contribution in [0.25, 0.3) is 0 Å². The van der Waals surface area contributed by atoms with Gasteiger partial charge in [-0.15, -0.1) is 0 Å². The lowest BCUT2D eigenvalue weighted by molar-refractivity contribution is 0.112. The fourth-order valence-corrected chi connectivity index (χ4v) is 1.14. The molecule has 0 spiro atoms. The Morgan fingerprint density at radius 3 is 2.54 bits per heavy atom. The second-order valence-electron chi connectivity index (χ2n) is 2.36.